The number of nitrogens with two attached hydrogens (primary N) is 1. The molecule has 1 unspecified atom stereocenters. The van der Waals surface area contributed by atoms with Crippen LogP contribution in [0, 0.1) is 12.8 Å². The number of likely N-dealkylation sites (N-methyl/N-ethyl adjacent to an activating group) is 1. The van der Waals surface area contributed by atoms with Crippen molar-refractivity contribution in [3.8, 4) is 0 Å². The van der Waals surface area contributed by atoms with Gasteiger partial charge in [0.2, 0.25) is 0 Å². The molecule has 2 rings (SSSR count). The third-order valence-corrected chi connectivity index (χ3v) is 4.76. The summed E-state index contributed by atoms with van der Waals surface area (Å²) < 4.78 is 0. The van der Waals surface area contributed by atoms with E-state index in [9.17, 15) is 0 Å². The molecule has 1 aromatic rings. The van der Waals surface area contributed by atoms with E-state index in [0.717, 1.165) is 23.0 Å². The van der Waals surface area contributed by atoms with Crippen LogP contribution >= 0.6 is 11.6 Å². The van der Waals surface area contributed by atoms with Crippen LogP contribution in [0.5, 0.6) is 0 Å². The van der Waals surface area contributed by atoms with E-state index in [4.69, 9.17) is 17.3 Å². The highest BCUT2D eigenvalue weighted by Crippen LogP contribution is 2.29. The predicted molar refractivity (Wildman–Crippen MR) is 82.6 cm³/mol. The molecule has 19 heavy (non-hydrogen) atoms. The lowest BCUT2D eigenvalue weighted by Gasteiger charge is -2.30. The van der Waals surface area contributed by atoms with Crippen molar-refractivity contribution in [3.05, 3.63) is 34.3 Å². The second-order valence-corrected chi connectivity index (χ2v) is 6.26. The molecule has 0 spiro atoms. The minimum Gasteiger partial charge on any atom is -0.329 e. The Morgan fingerprint density at radius 3 is 2.63 bits per heavy atom. The normalized spacial score (nSPS) is 18.2. The van der Waals surface area contributed by atoms with Crippen LogP contribution in [0.3, 0.4) is 0 Å². The van der Waals surface area contributed by atoms with E-state index in [-0.39, 0.29) is 6.04 Å². The number of aryl methyl sites for hydroxylation is 1. The standard InChI is InChI=1S/C16H25ClN2/c1-12-7-8-14(9-15(12)17)16(10-18)19(2)11-13-5-3-4-6-13/h7-9,13,16H,3-6,10-11,18H2,1-2H3. The molecular formula is C16H25ClN2. The molecule has 2 N–H and O–H groups in total. The van der Waals surface area contributed by atoms with Crippen LogP contribution in [0.25, 0.3) is 0 Å². The van der Waals surface area contributed by atoms with E-state index in [2.05, 4.69) is 30.1 Å². The van der Waals surface area contributed by atoms with Crippen molar-refractivity contribution in [1.29, 1.82) is 0 Å². The summed E-state index contributed by atoms with van der Waals surface area (Å²) in [6.45, 7) is 3.82. The molecule has 0 saturated heterocycles. The summed E-state index contributed by atoms with van der Waals surface area (Å²) in [5.74, 6) is 0.847. The van der Waals surface area contributed by atoms with Gasteiger partial charge in [-0.1, -0.05) is 36.6 Å². The van der Waals surface area contributed by atoms with Gasteiger partial charge in [-0.2, -0.15) is 0 Å². The molecule has 1 aliphatic carbocycles. The Morgan fingerprint density at radius 1 is 1.37 bits per heavy atom. The number of halogens is 1. The zero-order valence-electron chi connectivity index (χ0n) is 12.0. The molecule has 0 heterocycles. The van der Waals surface area contributed by atoms with Crippen LogP contribution in [-0.2, 0) is 0 Å². The van der Waals surface area contributed by atoms with Crippen LogP contribution < -0.4 is 5.73 Å². The van der Waals surface area contributed by atoms with E-state index in [0.29, 0.717) is 6.54 Å². The van der Waals surface area contributed by atoms with Crippen molar-refractivity contribution in [2.75, 3.05) is 20.1 Å². The summed E-state index contributed by atoms with van der Waals surface area (Å²) in [7, 11) is 2.18. The smallest absolute Gasteiger partial charge is 0.0468 e. The molecule has 1 saturated carbocycles. The minimum absolute atomic E-state index is 0.277. The van der Waals surface area contributed by atoms with Crippen molar-refractivity contribution >= 4 is 11.6 Å². The van der Waals surface area contributed by atoms with Gasteiger partial charge in [0.05, 0.1) is 0 Å². The lowest BCUT2D eigenvalue weighted by molar-refractivity contribution is 0.212. The van der Waals surface area contributed by atoms with Crippen molar-refractivity contribution in [1.82, 2.24) is 4.90 Å². The Morgan fingerprint density at radius 2 is 2.05 bits per heavy atom. The molecular weight excluding hydrogens is 256 g/mol. The third kappa shape index (κ3) is 3.71. The van der Waals surface area contributed by atoms with Gasteiger partial charge < -0.3 is 5.73 Å². The van der Waals surface area contributed by atoms with Gasteiger partial charge in [0, 0.05) is 24.2 Å². The van der Waals surface area contributed by atoms with E-state index < -0.39 is 0 Å². The number of rotatable bonds is 5. The fourth-order valence-corrected chi connectivity index (χ4v) is 3.30. The fraction of sp³-hybridized carbons (Fsp3) is 0.625. The Balaban J connectivity index is 2.06. The summed E-state index contributed by atoms with van der Waals surface area (Å²) in [6, 6.07) is 6.59. The molecule has 1 fully saturated rings. The highest BCUT2D eigenvalue weighted by atomic mass is 35.5. The first-order chi connectivity index (χ1) is 9.11. The first kappa shape index (κ1) is 14.8. The van der Waals surface area contributed by atoms with Gasteiger partial charge >= 0.3 is 0 Å². The molecule has 2 nitrogen and oxygen atoms in total. The summed E-state index contributed by atoms with van der Waals surface area (Å²) in [4.78, 5) is 2.40. The molecule has 1 aliphatic rings. The second-order valence-electron chi connectivity index (χ2n) is 5.85. The number of benzene rings is 1. The Hall–Kier alpha value is -0.570. The van der Waals surface area contributed by atoms with Gasteiger partial charge in [-0.05, 0) is 49.9 Å². The Bertz CT molecular complexity index is 413. The SMILES string of the molecule is Cc1ccc(C(CN)N(C)CC2CCCC2)cc1Cl. The van der Waals surface area contributed by atoms with Crippen LogP contribution in [0.4, 0.5) is 0 Å². The van der Waals surface area contributed by atoms with Crippen molar-refractivity contribution in [3.63, 3.8) is 0 Å². The van der Waals surface area contributed by atoms with Gasteiger partial charge in [-0.15, -0.1) is 0 Å². The first-order valence-electron chi connectivity index (χ1n) is 7.28. The predicted octanol–water partition coefficient (Wildman–Crippen LogP) is 3.77. The molecule has 106 valence electrons. The largest absolute Gasteiger partial charge is 0.329 e. The van der Waals surface area contributed by atoms with E-state index in [1.165, 1.54) is 31.2 Å². The molecule has 3 heteroatoms. The lowest BCUT2D eigenvalue weighted by atomic mass is 10.0. The maximum Gasteiger partial charge on any atom is 0.0468 e. The molecule has 0 bridgehead atoms. The summed E-state index contributed by atoms with van der Waals surface area (Å²) in [6.07, 6.45) is 5.52. The topological polar surface area (TPSA) is 29.3 Å². The second kappa shape index (κ2) is 6.74. The van der Waals surface area contributed by atoms with Gasteiger partial charge in [0.15, 0.2) is 0 Å². The Labute approximate surface area is 121 Å². The van der Waals surface area contributed by atoms with E-state index >= 15 is 0 Å². The van der Waals surface area contributed by atoms with E-state index in [1.54, 1.807) is 0 Å². The average molecular weight is 281 g/mol. The highest BCUT2D eigenvalue weighted by molar-refractivity contribution is 6.31. The molecule has 0 aromatic heterocycles. The van der Waals surface area contributed by atoms with Gasteiger partial charge in [-0.25, -0.2) is 0 Å². The molecule has 1 atom stereocenters. The number of hydrogen-bond acceptors (Lipinski definition) is 2. The van der Waals surface area contributed by atoms with Crippen LogP contribution in [-0.4, -0.2) is 25.0 Å². The van der Waals surface area contributed by atoms with Gasteiger partial charge in [-0.3, -0.25) is 4.90 Å². The maximum absolute atomic E-state index is 6.23. The van der Waals surface area contributed by atoms with E-state index in [1.807, 2.05) is 6.92 Å². The number of nitrogens with zero attached hydrogens (tertiary/aromatic N) is 1. The zero-order valence-corrected chi connectivity index (χ0v) is 12.8. The summed E-state index contributed by atoms with van der Waals surface area (Å²) in [5.41, 5.74) is 8.34. The van der Waals surface area contributed by atoms with Crippen molar-refractivity contribution in [2.24, 2.45) is 11.7 Å². The average Bonchev–Trinajstić information content (AvgIpc) is 2.87. The Kier molecular flexibility index (Phi) is 5.26. The zero-order chi connectivity index (χ0) is 13.8. The fourth-order valence-electron chi connectivity index (χ4n) is 3.11. The minimum atomic E-state index is 0.277. The quantitative estimate of drug-likeness (QED) is 0.890. The van der Waals surface area contributed by atoms with Gasteiger partial charge in [0.25, 0.3) is 0 Å². The van der Waals surface area contributed by atoms with Crippen LogP contribution in [0.2, 0.25) is 5.02 Å². The number of hydrogen-bond donors (Lipinski definition) is 1. The summed E-state index contributed by atoms with van der Waals surface area (Å²) >= 11 is 6.23. The molecule has 0 radical (unpaired) electrons. The first-order valence-corrected chi connectivity index (χ1v) is 7.66. The third-order valence-electron chi connectivity index (χ3n) is 4.36. The van der Waals surface area contributed by atoms with Crippen molar-refractivity contribution < 1.29 is 0 Å². The molecule has 0 amide bonds. The maximum atomic E-state index is 6.23. The van der Waals surface area contributed by atoms with Crippen LogP contribution in [0.15, 0.2) is 18.2 Å². The molecule has 1 aromatic carbocycles. The highest BCUT2D eigenvalue weighted by Gasteiger charge is 2.22. The van der Waals surface area contributed by atoms with Crippen LogP contribution in [0.1, 0.15) is 42.9 Å². The van der Waals surface area contributed by atoms with Gasteiger partial charge in [0.1, 0.15) is 0 Å². The monoisotopic (exact) mass is 280 g/mol. The van der Waals surface area contributed by atoms with Crippen molar-refractivity contribution in [2.45, 2.75) is 38.6 Å². The summed E-state index contributed by atoms with van der Waals surface area (Å²) in [5, 5.41) is 0.838. The molecule has 0 aliphatic heterocycles. The lowest BCUT2D eigenvalue weighted by Crippen LogP contribution is -2.33.